The maximum absolute atomic E-state index is 14.0. The molecule has 0 radical (unpaired) electrons. The Balaban J connectivity index is 1.33. The van der Waals surface area contributed by atoms with Crippen LogP contribution in [-0.4, -0.2) is 74.0 Å². The smallest absolute Gasteiger partial charge is 0.259 e. The molecule has 10 nitrogen and oxygen atoms in total. The maximum atomic E-state index is 14.0. The van der Waals surface area contributed by atoms with Crippen LogP contribution in [0.5, 0.6) is 0 Å². The van der Waals surface area contributed by atoms with E-state index in [0.29, 0.717) is 28.2 Å². The molecule has 7 rings (SSSR count). The topological polar surface area (TPSA) is 101 Å². The van der Waals surface area contributed by atoms with E-state index in [9.17, 15) is 9.59 Å². The number of anilines is 1. The molecule has 0 bridgehead atoms. The number of amides is 1. The van der Waals surface area contributed by atoms with Crippen molar-refractivity contribution in [3.63, 3.8) is 0 Å². The Kier molecular flexibility index (Phi) is 6.59. The van der Waals surface area contributed by atoms with Crippen LogP contribution >= 0.6 is 11.6 Å². The van der Waals surface area contributed by atoms with Crippen molar-refractivity contribution >= 4 is 51.0 Å². The quantitative estimate of drug-likeness (QED) is 0.333. The number of fused-ring (bicyclic) bond motifs is 5. The van der Waals surface area contributed by atoms with Gasteiger partial charge in [0.2, 0.25) is 5.43 Å². The molecule has 2 fully saturated rings. The first-order valence-electron chi connectivity index (χ1n) is 14.1. The highest BCUT2D eigenvalue weighted by molar-refractivity contribution is 6.31. The first kappa shape index (κ1) is 25.9. The van der Waals surface area contributed by atoms with Gasteiger partial charge in [0.05, 0.1) is 22.1 Å². The highest BCUT2D eigenvalue weighted by Crippen LogP contribution is 2.31. The monoisotopic (exact) mass is 570 g/mol. The molecule has 2 saturated heterocycles. The lowest BCUT2D eigenvalue weighted by Crippen LogP contribution is -2.36. The molecule has 0 aliphatic carbocycles. The zero-order chi connectivity index (χ0) is 28.1. The van der Waals surface area contributed by atoms with E-state index in [1.165, 1.54) is 12.8 Å². The number of carbonyl (C=O) groups excluding carboxylic acids is 1. The van der Waals surface area contributed by atoms with Crippen molar-refractivity contribution in [3.8, 4) is 0 Å². The number of carbonyl (C=O) groups is 1. The molecule has 41 heavy (non-hydrogen) atoms. The largest absolute Gasteiger partial charge is 0.356 e. The molecule has 2 aliphatic heterocycles. The fraction of sp³-hybridized carbons (Fsp3) is 0.367. The van der Waals surface area contributed by atoms with Gasteiger partial charge in [-0.05, 0) is 62.7 Å². The second kappa shape index (κ2) is 10.4. The molecule has 6 heterocycles. The third kappa shape index (κ3) is 4.51. The predicted octanol–water partition coefficient (Wildman–Crippen LogP) is 3.60. The number of likely N-dealkylation sites (tertiary alicyclic amines) is 1. The van der Waals surface area contributed by atoms with Gasteiger partial charge in [-0.3, -0.25) is 24.0 Å². The molecule has 2 aliphatic rings. The first-order valence-corrected chi connectivity index (χ1v) is 14.5. The Morgan fingerprint density at radius 2 is 1.95 bits per heavy atom. The maximum Gasteiger partial charge on any atom is 0.259 e. The van der Waals surface area contributed by atoms with Gasteiger partial charge >= 0.3 is 0 Å². The second-order valence-electron chi connectivity index (χ2n) is 11.0. The van der Waals surface area contributed by atoms with E-state index in [0.717, 1.165) is 61.7 Å². The van der Waals surface area contributed by atoms with E-state index < -0.39 is 0 Å². The highest BCUT2D eigenvalue weighted by Gasteiger charge is 2.28. The molecule has 1 atom stereocenters. The molecule has 210 valence electrons. The summed E-state index contributed by atoms with van der Waals surface area (Å²) in [5.41, 5.74) is 3.42. The summed E-state index contributed by atoms with van der Waals surface area (Å²) in [6, 6.07) is 9.27. The molecular weight excluding hydrogens is 540 g/mol. The van der Waals surface area contributed by atoms with Crippen molar-refractivity contribution in [1.82, 2.24) is 34.1 Å². The van der Waals surface area contributed by atoms with E-state index in [-0.39, 0.29) is 22.8 Å². The molecule has 1 N–H and O–H groups in total. The summed E-state index contributed by atoms with van der Waals surface area (Å²) < 4.78 is 3.79. The number of halogens is 1. The van der Waals surface area contributed by atoms with Crippen molar-refractivity contribution in [1.29, 1.82) is 0 Å². The van der Waals surface area contributed by atoms with Crippen molar-refractivity contribution < 1.29 is 4.79 Å². The van der Waals surface area contributed by atoms with Gasteiger partial charge in [-0.2, -0.15) is 0 Å². The van der Waals surface area contributed by atoms with Gasteiger partial charge in [-0.15, -0.1) is 0 Å². The van der Waals surface area contributed by atoms with Crippen molar-refractivity contribution in [2.45, 2.75) is 25.2 Å². The lowest BCUT2D eigenvalue weighted by atomic mass is 10.1. The molecule has 11 heteroatoms. The number of pyridine rings is 2. The van der Waals surface area contributed by atoms with Crippen LogP contribution in [0.15, 0.2) is 53.7 Å². The molecule has 5 aromatic rings. The zero-order valence-corrected chi connectivity index (χ0v) is 23.6. The molecule has 1 amide bonds. The number of nitrogens with one attached hydrogen (secondary N) is 1. The standard InChI is InChI=1S/C30H31ClN8O2/c1-36-24-16-20(31)4-6-23(24)39-28-21(27(40)26(30(36)39)29(41)34-11-15-37-12-2-3-13-37)5-7-25(35-28)38-14-8-19(18-38)22-17-32-9-10-33-22/h4-7,9-10,16-17,19H,2-3,8,11-15,18H2,1H3,(H,34,41). The van der Waals surface area contributed by atoms with Crippen LogP contribution in [0.2, 0.25) is 5.02 Å². The van der Waals surface area contributed by atoms with Crippen molar-refractivity contribution in [2.75, 3.05) is 44.2 Å². The third-order valence-electron chi connectivity index (χ3n) is 8.49. The number of hydrogen-bond donors (Lipinski definition) is 1. The van der Waals surface area contributed by atoms with E-state index in [4.69, 9.17) is 16.6 Å². The predicted molar refractivity (Wildman–Crippen MR) is 160 cm³/mol. The molecule has 0 saturated carbocycles. The van der Waals surface area contributed by atoms with Crippen LogP contribution in [0.25, 0.3) is 27.7 Å². The van der Waals surface area contributed by atoms with Gasteiger partial charge in [-0.1, -0.05) is 11.6 Å². The van der Waals surface area contributed by atoms with Crippen LogP contribution in [0, 0.1) is 0 Å². The minimum Gasteiger partial charge on any atom is -0.356 e. The normalized spacial score (nSPS) is 17.8. The summed E-state index contributed by atoms with van der Waals surface area (Å²) in [7, 11) is 1.86. The SMILES string of the molecule is Cn1c2cc(Cl)ccc2n2c3nc(N4CCC(c5cnccn5)C4)ccc3c(=O)c(C(=O)NCCN3CCCC3)c12. The molecule has 0 spiro atoms. The van der Waals surface area contributed by atoms with Gasteiger partial charge < -0.3 is 19.7 Å². The Morgan fingerprint density at radius 1 is 1.10 bits per heavy atom. The Hall–Kier alpha value is -4.02. The molecular formula is C30H31ClN8O2. The summed E-state index contributed by atoms with van der Waals surface area (Å²) in [6.45, 7) is 4.93. The Morgan fingerprint density at radius 3 is 2.76 bits per heavy atom. The summed E-state index contributed by atoms with van der Waals surface area (Å²) in [5.74, 6) is 0.669. The lowest BCUT2D eigenvalue weighted by molar-refractivity contribution is 0.0950. The second-order valence-corrected chi connectivity index (χ2v) is 11.4. The summed E-state index contributed by atoms with van der Waals surface area (Å²) in [5, 5.41) is 3.99. The van der Waals surface area contributed by atoms with E-state index >= 15 is 0 Å². The lowest BCUT2D eigenvalue weighted by Gasteiger charge is -2.19. The number of rotatable bonds is 6. The van der Waals surface area contributed by atoms with Crippen LogP contribution in [-0.2, 0) is 7.05 Å². The van der Waals surface area contributed by atoms with E-state index in [1.54, 1.807) is 18.5 Å². The van der Waals surface area contributed by atoms with E-state index in [2.05, 4.69) is 25.1 Å². The van der Waals surface area contributed by atoms with Crippen LogP contribution in [0.4, 0.5) is 5.82 Å². The number of aryl methyl sites for hydroxylation is 1. The van der Waals surface area contributed by atoms with Gasteiger partial charge in [0.1, 0.15) is 17.0 Å². The molecule has 1 aromatic carbocycles. The summed E-state index contributed by atoms with van der Waals surface area (Å²) >= 11 is 6.38. The summed E-state index contributed by atoms with van der Waals surface area (Å²) in [6.07, 6.45) is 8.55. The minimum absolute atomic E-state index is 0.118. The fourth-order valence-corrected chi connectivity index (χ4v) is 6.55. The van der Waals surface area contributed by atoms with Gasteiger partial charge in [0.15, 0.2) is 5.65 Å². The highest BCUT2D eigenvalue weighted by atomic mass is 35.5. The van der Waals surface area contributed by atoms with Crippen molar-refractivity contribution in [2.24, 2.45) is 7.05 Å². The minimum atomic E-state index is -0.374. The average Bonchev–Trinajstić information content (AvgIpc) is 3.75. The van der Waals surface area contributed by atoms with Gasteiger partial charge in [0, 0.05) is 62.8 Å². The van der Waals surface area contributed by atoms with Gasteiger partial charge in [-0.25, -0.2) is 4.98 Å². The van der Waals surface area contributed by atoms with Gasteiger partial charge in [0.25, 0.3) is 5.91 Å². The Bertz CT molecular complexity index is 1840. The average molecular weight is 571 g/mol. The third-order valence-corrected chi connectivity index (χ3v) is 8.72. The fourth-order valence-electron chi connectivity index (χ4n) is 6.38. The first-order chi connectivity index (χ1) is 20.0. The number of imidazole rings is 1. The zero-order valence-electron chi connectivity index (χ0n) is 22.9. The number of aromatic nitrogens is 5. The molecule has 1 unspecified atom stereocenters. The van der Waals surface area contributed by atoms with Crippen LogP contribution < -0.4 is 15.6 Å². The number of benzene rings is 1. The number of nitrogens with zero attached hydrogens (tertiary/aromatic N) is 7. The molecule has 4 aromatic heterocycles. The van der Waals surface area contributed by atoms with Crippen LogP contribution in [0.1, 0.15) is 41.2 Å². The van der Waals surface area contributed by atoms with Crippen molar-refractivity contribution in [3.05, 3.63) is 75.4 Å². The summed E-state index contributed by atoms with van der Waals surface area (Å²) in [4.78, 5) is 45.9. The Labute approximate surface area is 241 Å². The van der Waals surface area contributed by atoms with Crippen LogP contribution in [0.3, 0.4) is 0 Å². The van der Waals surface area contributed by atoms with E-state index in [1.807, 2.05) is 46.5 Å². The number of hydrogen-bond acceptors (Lipinski definition) is 7.